The van der Waals surface area contributed by atoms with Gasteiger partial charge in [-0.1, -0.05) is 27.7 Å². The zero-order chi connectivity index (χ0) is 24.6. The van der Waals surface area contributed by atoms with Gasteiger partial charge in [0.2, 0.25) is 0 Å². The number of aliphatic hydroxyl groups is 5. The number of hydrogen-bond acceptors (Lipinski definition) is 6. The van der Waals surface area contributed by atoms with E-state index in [1.54, 1.807) is 13.0 Å². The summed E-state index contributed by atoms with van der Waals surface area (Å²) in [6.07, 6.45) is 3.39. The molecule has 3 saturated carbocycles. The van der Waals surface area contributed by atoms with Gasteiger partial charge in [-0.2, -0.15) is 0 Å². The number of carbonyl (C=O) groups is 1. The predicted molar refractivity (Wildman–Crippen MR) is 125 cm³/mol. The molecule has 6 nitrogen and oxygen atoms in total. The molecule has 3 fully saturated rings. The third-order valence-electron chi connectivity index (χ3n) is 10.5. The average molecular weight is 465 g/mol. The zero-order valence-corrected chi connectivity index (χ0v) is 20.9. The molecule has 4 rings (SSSR count). The van der Waals surface area contributed by atoms with Crippen molar-refractivity contribution in [1.82, 2.24) is 0 Å². The molecule has 0 aliphatic heterocycles. The van der Waals surface area contributed by atoms with E-state index in [2.05, 4.69) is 13.8 Å². The topological polar surface area (TPSA) is 118 Å². The lowest BCUT2D eigenvalue weighted by molar-refractivity contribution is -0.176. The molecule has 6 heteroatoms. The normalized spacial score (nSPS) is 47.9. The second-order valence-electron chi connectivity index (χ2n) is 12.8. The van der Waals surface area contributed by atoms with Crippen LogP contribution in [0.25, 0.3) is 0 Å². The first-order valence-corrected chi connectivity index (χ1v) is 12.9. The van der Waals surface area contributed by atoms with Crippen molar-refractivity contribution in [2.45, 2.75) is 115 Å². The lowest BCUT2D eigenvalue weighted by atomic mass is 9.45. The molecule has 0 spiro atoms. The van der Waals surface area contributed by atoms with Crippen molar-refractivity contribution in [1.29, 1.82) is 0 Å². The van der Waals surface area contributed by atoms with Crippen LogP contribution in [0.5, 0.6) is 0 Å². The van der Waals surface area contributed by atoms with Gasteiger partial charge < -0.3 is 25.5 Å². The molecule has 0 aromatic heterocycles. The van der Waals surface area contributed by atoms with E-state index in [1.807, 2.05) is 13.8 Å². The minimum absolute atomic E-state index is 0.0463. The van der Waals surface area contributed by atoms with E-state index in [0.717, 1.165) is 18.4 Å². The maximum Gasteiger partial charge on any atom is 0.159 e. The summed E-state index contributed by atoms with van der Waals surface area (Å²) < 4.78 is 0. The van der Waals surface area contributed by atoms with Crippen molar-refractivity contribution < 1.29 is 30.3 Å². The van der Waals surface area contributed by atoms with Crippen LogP contribution in [0, 0.1) is 34.5 Å². The summed E-state index contributed by atoms with van der Waals surface area (Å²) in [5, 5.41) is 55.4. The largest absolute Gasteiger partial charge is 0.390 e. The molecule has 0 heterocycles. The number of fused-ring (bicyclic) bond motifs is 5. The fourth-order valence-corrected chi connectivity index (χ4v) is 8.32. The molecule has 0 aromatic carbocycles. The van der Waals surface area contributed by atoms with E-state index in [-0.39, 0.29) is 30.0 Å². The predicted octanol–water partition coefficient (Wildman–Crippen LogP) is 2.74. The maximum atomic E-state index is 13.2. The quantitative estimate of drug-likeness (QED) is 0.427. The Kier molecular flexibility index (Phi) is 6.23. The molecule has 33 heavy (non-hydrogen) atoms. The highest BCUT2D eigenvalue weighted by molar-refractivity contribution is 5.95. The Labute approximate surface area is 198 Å². The summed E-state index contributed by atoms with van der Waals surface area (Å²) in [5.41, 5.74) is -2.98. The van der Waals surface area contributed by atoms with Crippen LogP contribution < -0.4 is 0 Å². The number of rotatable bonds is 5. The van der Waals surface area contributed by atoms with Gasteiger partial charge in [0.1, 0.15) is 0 Å². The minimum Gasteiger partial charge on any atom is -0.390 e. The molecule has 10 atom stereocenters. The third kappa shape index (κ3) is 3.58. The lowest BCUT2D eigenvalue weighted by Gasteiger charge is -2.60. The van der Waals surface area contributed by atoms with Crippen molar-refractivity contribution in [3.63, 3.8) is 0 Å². The molecule has 0 aromatic rings. The standard InChI is InChI=1S/C27H44O6/c1-15(2)6-7-23(31)26(5,32)22-9-11-27(33)17-12-19(28)18-13-20(29)21(30)14-24(18,3)16(17)8-10-25(22,27)4/h12,15-16,18,20-23,29-33H,6-11,13-14H2,1-5H3/t16-,18-,20+,21-,22-,23+,24+,25+,26+,27-/m0/s1. The van der Waals surface area contributed by atoms with Gasteiger partial charge in [0.05, 0.1) is 29.5 Å². The van der Waals surface area contributed by atoms with Crippen LogP contribution >= 0.6 is 0 Å². The summed E-state index contributed by atoms with van der Waals surface area (Å²) in [6.45, 7) is 9.96. The second-order valence-corrected chi connectivity index (χ2v) is 12.8. The Morgan fingerprint density at radius 2 is 1.76 bits per heavy atom. The minimum atomic E-state index is -1.34. The average Bonchev–Trinajstić information content (AvgIpc) is 3.00. The van der Waals surface area contributed by atoms with Crippen LogP contribution in [0.1, 0.15) is 86.0 Å². The summed E-state index contributed by atoms with van der Waals surface area (Å²) in [7, 11) is 0. The van der Waals surface area contributed by atoms with Crippen molar-refractivity contribution in [2.24, 2.45) is 34.5 Å². The monoisotopic (exact) mass is 464 g/mol. The van der Waals surface area contributed by atoms with Crippen LogP contribution in [-0.2, 0) is 4.79 Å². The van der Waals surface area contributed by atoms with Gasteiger partial charge in [-0.3, -0.25) is 4.79 Å². The van der Waals surface area contributed by atoms with E-state index >= 15 is 0 Å². The van der Waals surface area contributed by atoms with Gasteiger partial charge in [0, 0.05) is 11.3 Å². The second kappa shape index (κ2) is 8.12. The Bertz CT molecular complexity index is 819. The summed E-state index contributed by atoms with van der Waals surface area (Å²) in [4.78, 5) is 13.2. The van der Waals surface area contributed by atoms with E-state index in [4.69, 9.17) is 0 Å². The summed E-state index contributed by atoms with van der Waals surface area (Å²) in [5.74, 6) is -0.331. The van der Waals surface area contributed by atoms with Gasteiger partial charge in [-0.25, -0.2) is 0 Å². The number of carbonyl (C=O) groups excluding carboxylic acids is 1. The molecule has 4 aliphatic carbocycles. The molecule has 0 radical (unpaired) electrons. The first kappa shape index (κ1) is 25.3. The lowest BCUT2D eigenvalue weighted by Crippen LogP contribution is -2.62. The van der Waals surface area contributed by atoms with Crippen molar-refractivity contribution in [3.8, 4) is 0 Å². The van der Waals surface area contributed by atoms with Gasteiger partial charge in [0.15, 0.2) is 5.78 Å². The SMILES string of the molecule is CC(C)CC[C@@H](O)[C@](C)(O)[C@H]1CC[C@]2(O)C3=CC(=O)[C@@H]4C[C@@H](O)[C@@H](O)C[C@]4(C)[C@H]3CC[C@]12C. The Morgan fingerprint density at radius 1 is 1.09 bits per heavy atom. The molecule has 0 unspecified atom stereocenters. The first-order chi connectivity index (χ1) is 15.2. The molecule has 0 amide bonds. The fraction of sp³-hybridized carbons (Fsp3) is 0.889. The van der Waals surface area contributed by atoms with Crippen LogP contribution in [0.2, 0.25) is 0 Å². The molecular weight excluding hydrogens is 420 g/mol. The number of hydrogen-bond donors (Lipinski definition) is 5. The Hall–Kier alpha value is -0.790. The molecule has 0 bridgehead atoms. The van der Waals surface area contributed by atoms with Gasteiger partial charge in [0.25, 0.3) is 0 Å². The summed E-state index contributed by atoms with van der Waals surface area (Å²) in [6, 6.07) is 0. The maximum absolute atomic E-state index is 13.2. The van der Waals surface area contributed by atoms with Crippen LogP contribution in [-0.4, -0.2) is 60.8 Å². The van der Waals surface area contributed by atoms with Crippen LogP contribution in [0.3, 0.4) is 0 Å². The highest BCUT2D eigenvalue weighted by Gasteiger charge is 2.69. The number of aliphatic hydroxyl groups excluding tert-OH is 3. The van der Waals surface area contributed by atoms with Crippen molar-refractivity contribution >= 4 is 5.78 Å². The molecule has 0 saturated heterocycles. The van der Waals surface area contributed by atoms with Gasteiger partial charge >= 0.3 is 0 Å². The third-order valence-corrected chi connectivity index (χ3v) is 10.5. The van der Waals surface area contributed by atoms with Crippen LogP contribution in [0.4, 0.5) is 0 Å². The number of allylic oxidation sites excluding steroid dienone is 1. The van der Waals surface area contributed by atoms with Gasteiger partial charge in [-0.05, 0) is 93.1 Å². The molecule has 5 N–H and O–H groups in total. The Balaban J connectivity index is 1.68. The molecule has 188 valence electrons. The fourth-order valence-electron chi connectivity index (χ4n) is 8.32. The van der Waals surface area contributed by atoms with E-state index in [1.165, 1.54) is 0 Å². The smallest absolute Gasteiger partial charge is 0.159 e. The first-order valence-electron chi connectivity index (χ1n) is 12.9. The van der Waals surface area contributed by atoms with E-state index in [9.17, 15) is 30.3 Å². The Morgan fingerprint density at radius 3 is 2.39 bits per heavy atom. The van der Waals surface area contributed by atoms with Crippen molar-refractivity contribution in [2.75, 3.05) is 0 Å². The zero-order valence-electron chi connectivity index (χ0n) is 20.9. The van der Waals surface area contributed by atoms with Gasteiger partial charge in [-0.15, -0.1) is 0 Å². The molecule has 4 aliphatic rings. The molecular formula is C27H44O6. The highest BCUT2D eigenvalue weighted by atomic mass is 16.3. The highest BCUT2D eigenvalue weighted by Crippen LogP contribution is 2.68. The summed E-state index contributed by atoms with van der Waals surface area (Å²) >= 11 is 0. The van der Waals surface area contributed by atoms with Crippen LogP contribution in [0.15, 0.2) is 11.6 Å². The van der Waals surface area contributed by atoms with Crippen molar-refractivity contribution in [3.05, 3.63) is 11.6 Å². The number of ketones is 1. The van der Waals surface area contributed by atoms with E-state index in [0.29, 0.717) is 38.0 Å². The van der Waals surface area contributed by atoms with E-state index < -0.39 is 40.3 Å².